The minimum atomic E-state index is -3.79. The fourth-order valence-corrected chi connectivity index (χ4v) is 2.89. The van der Waals surface area contributed by atoms with Gasteiger partial charge in [0.25, 0.3) is 0 Å². The van der Waals surface area contributed by atoms with Crippen LogP contribution >= 0.6 is 0 Å². The number of anilines is 1. The van der Waals surface area contributed by atoms with Gasteiger partial charge >= 0.3 is 0 Å². The van der Waals surface area contributed by atoms with Gasteiger partial charge < -0.3 is 5.73 Å². The first-order valence-corrected chi connectivity index (χ1v) is 7.20. The van der Waals surface area contributed by atoms with Crippen molar-refractivity contribution in [1.29, 1.82) is 0 Å². The highest BCUT2D eigenvalue weighted by Gasteiger charge is 2.18. The van der Waals surface area contributed by atoms with E-state index in [0.717, 1.165) is 12.1 Å². The summed E-state index contributed by atoms with van der Waals surface area (Å²) < 4.78 is 39.9. The molecule has 2 aromatic rings. The third-order valence-electron chi connectivity index (χ3n) is 2.65. The fourth-order valence-electron chi connectivity index (χ4n) is 1.63. The quantitative estimate of drug-likeness (QED) is 0.820. The van der Waals surface area contributed by atoms with Gasteiger partial charge in [0.15, 0.2) is 0 Å². The molecule has 0 aliphatic rings. The molecule has 0 amide bonds. The standard InChI is InChI=1S/C12H13FN4O2S/c1-8-5-10(13)11(14)6-12(8)20(18,19)16-7-9-3-2-4-15-17-9/h2-6,16H,7,14H2,1H3. The van der Waals surface area contributed by atoms with Crippen molar-refractivity contribution in [2.75, 3.05) is 5.73 Å². The molecule has 1 aromatic heterocycles. The number of hydrogen-bond donors (Lipinski definition) is 2. The van der Waals surface area contributed by atoms with E-state index in [2.05, 4.69) is 14.9 Å². The predicted octanol–water partition coefficient (Wildman–Crippen LogP) is 0.985. The van der Waals surface area contributed by atoms with Crippen molar-refractivity contribution >= 4 is 15.7 Å². The van der Waals surface area contributed by atoms with Gasteiger partial charge in [-0.15, -0.1) is 0 Å². The van der Waals surface area contributed by atoms with E-state index < -0.39 is 15.8 Å². The highest BCUT2D eigenvalue weighted by atomic mass is 32.2. The summed E-state index contributed by atoms with van der Waals surface area (Å²) in [7, 11) is -3.79. The van der Waals surface area contributed by atoms with Crippen molar-refractivity contribution in [2.24, 2.45) is 0 Å². The Labute approximate surface area is 115 Å². The zero-order chi connectivity index (χ0) is 14.8. The Hall–Kier alpha value is -2.06. The lowest BCUT2D eigenvalue weighted by Gasteiger charge is -2.10. The van der Waals surface area contributed by atoms with Gasteiger partial charge in [-0.05, 0) is 36.8 Å². The number of rotatable bonds is 4. The second kappa shape index (κ2) is 5.51. The Morgan fingerprint density at radius 2 is 2.15 bits per heavy atom. The normalized spacial score (nSPS) is 11.5. The van der Waals surface area contributed by atoms with E-state index in [1.54, 1.807) is 12.1 Å². The van der Waals surface area contributed by atoms with E-state index >= 15 is 0 Å². The minimum Gasteiger partial charge on any atom is -0.396 e. The van der Waals surface area contributed by atoms with Crippen LogP contribution in [0.25, 0.3) is 0 Å². The van der Waals surface area contributed by atoms with Crippen molar-refractivity contribution in [3.05, 3.63) is 47.5 Å². The molecule has 0 aliphatic heterocycles. The first-order valence-electron chi connectivity index (χ1n) is 5.72. The molecule has 1 aromatic carbocycles. The van der Waals surface area contributed by atoms with Gasteiger partial charge in [-0.3, -0.25) is 0 Å². The van der Waals surface area contributed by atoms with Gasteiger partial charge in [0.1, 0.15) is 5.82 Å². The Bertz CT molecular complexity index is 720. The minimum absolute atomic E-state index is 0.00705. The second-order valence-electron chi connectivity index (χ2n) is 4.18. The molecule has 0 radical (unpaired) electrons. The highest BCUT2D eigenvalue weighted by Crippen LogP contribution is 2.21. The van der Waals surface area contributed by atoms with Crippen LogP contribution in [0.1, 0.15) is 11.3 Å². The van der Waals surface area contributed by atoms with Gasteiger partial charge in [-0.1, -0.05) is 0 Å². The third-order valence-corrected chi connectivity index (χ3v) is 4.20. The van der Waals surface area contributed by atoms with Crippen LogP contribution < -0.4 is 10.5 Å². The van der Waals surface area contributed by atoms with Crippen molar-refractivity contribution in [3.8, 4) is 0 Å². The Kier molecular flexibility index (Phi) is 3.96. The number of aromatic nitrogens is 2. The first kappa shape index (κ1) is 14.4. The summed E-state index contributed by atoms with van der Waals surface area (Å²) in [5.41, 5.74) is 5.95. The molecular weight excluding hydrogens is 283 g/mol. The van der Waals surface area contributed by atoms with Crippen LogP contribution in [0.4, 0.5) is 10.1 Å². The van der Waals surface area contributed by atoms with Crippen molar-refractivity contribution in [1.82, 2.24) is 14.9 Å². The molecule has 0 bridgehead atoms. The number of nitrogens with two attached hydrogens (primary N) is 1. The maximum absolute atomic E-state index is 13.2. The third kappa shape index (κ3) is 3.09. The molecule has 0 unspecified atom stereocenters. The number of benzene rings is 1. The Morgan fingerprint density at radius 1 is 1.40 bits per heavy atom. The van der Waals surface area contributed by atoms with Gasteiger partial charge in [0.2, 0.25) is 10.0 Å². The van der Waals surface area contributed by atoms with Gasteiger partial charge in [0, 0.05) is 6.20 Å². The van der Waals surface area contributed by atoms with E-state index in [-0.39, 0.29) is 22.7 Å². The molecule has 0 atom stereocenters. The summed E-state index contributed by atoms with van der Waals surface area (Å²) in [5.74, 6) is -0.643. The van der Waals surface area contributed by atoms with Crippen molar-refractivity contribution in [2.45, 2.75) is 18.4 Å². The van der Waals surface area contributed by atoms with Gasteiger partial charge in [-0.2, -0.15) is 10.2 Å². The monoisotopic (exact) mass is 296 g/mol. The molecule has 106 valence electrons. The van der Waals surface area contributed by atoms with E-state index in [1.807, 2.05) is 0 Å². The smallest absolute Gasteiger partial charge is 0.241 e. The number of aryl methyl sites for hydroxylation is 1. The maximum atomic E-state index is 13.2. The largest absolute Gasteiger partial charge is 0.396 e. The van der Waals surface area contributed by atoms with Crippen molar-refractivity contribution < 1.29 is 12.8 Å². The van der Waals surface area contributed by atoms with Crippen molar-refractivity contribution in [3.63, 3.8) is 0 Å². The first-order chi connectivity index (χ1) is 9.40. The molecular formula is C12H13FN4O2S. The molecule has 20 heavy (non-hydrogen) atoms. The maximum Gasteiger partial charge on any atom is 0.241 e. The lowest BCUT2D eigenvalue weighted by atomic mass is 10.2. The van der Waals surface area contributed by atoms with Crippen LogP contribution in [-0.4, -0.2) is 18.6 Å². The summed E-state index contributed by atoms with van der Waals surface area (Å²) >= 11 is 0. The highest BCUT2D eigenvalue weighted by molar-refractivity contribution is 7.89. The van der Waals surface area contributed by atoms with Crippen LogP contribution in [0.2, 0.25) is 0 Å². The molecule has 0 fully saturated rings. The second-order valence-corrected chi connectivity index (χ2v) is 5.91. The van der Waals surface area contributed by atoms with Crippen LogP contribution in [0.3, 0.4) is 0 Å². The van der Waals surface area contributed by atoms with E-state index in [9.17, 15) is 12.8 Å². The lowest BCUT2D eigenvalue weighted by Crippen LogP contribution is -2.24. The molecule has 6 nitrogen and oxygen atoms in total. The average molecular weight is 296 g/mol. The summed E-state index contributed by atoms with van der Waals surface area (Å²) in [5, 5.41) is 7.41. The topological polar surface area (TPSA) is 98.0 Å². The lowest BCUT2D eigenvalue weighted by molar-refractivity contribution is 0.578. The Morgan fingerprint density at radius 3 is 2.80 bits per heavy atom. The summed E-state index contributed by atoms with van der Waals surface area (Å²) in [4.78, 5) is -0.0553. The zero-order valence-electron chi connectivity index (χ0n) is 10.7. The molecule has 8 heteroatoms. The molecule has 0 saturated carbocycles. The molecule has 0 spiro atoms. The fraction of sp³-hybridized carbons (Fsp3) is 0.167. The molecule has 3 N–H and O–H groups in total. The number of nitrogens with one attached hydrogen (secondary N) is 1. The number of hydrogen-bond acceptors (Lipinski definition) is 5. The van der Waals surface area contributed by atoms with Crippen LogP contribution in [0, 0.1) is 12.7 Å². The van der Waals surface area contributed by atoms with Gasteiger partial charge in [-0.25, -0.2) is 17.5 Å². The average Bonchev–Trinajstić information content (AvgIpc) is 2.42. The van der Waals surface area contributed by atoms with Crippen LogP contribution in [0.15, 0.2) is 35.4 Å². The Balaban J connectivity index is 2.25. The summed E-state index contributed by atoms with van der Waals surface area (Å²) in [6.07, 6.45) is 1.49. The van der Waals surface area contributed by atoms with E-state index in [4.69, 9.17) is 5.73 Å². The SMILES string of the molecule is Cc1cc(F)c(N)cc1S(=O)(=O)NCc1cccnn1. The van der Waals surface area contributed by atoms with Crippen LogP contribution in [-0.2, 0) is 16.6 Å². The molecule has 2 rings (SSSR count). The number of nitrogens with zero attached hydrogens (tertiary/aromatic N) is 2. The summed E-state index contributed by atoms with van der Waals surface area (Å²) in [6.45, 7) is 1.49. The molecule has 0 aliphatic carbocycles. The van der Waals surface area contributed by atoms with E-state index in [0.29, 0.717) is 5.69 Å². The predicted molar refractivity (Wildman–Crippen MR) is 71.6 cm³/mol. The summed E-state index contributed by atoms with van der Waals surface area (Å²) in [6, 6.07) is 5.48. The molecule has 0 saturated heterocycles. The molecule has 1 heterocycles. The van der Waals surface area contributed by atoms with Gasteiger partial charge in [0.05, 0.1) is 22.8 Å². The van der Waals surface area contributed by atoms with Crippen LogP contribution in [0.5, 0.6) is 0 Å². The zero-order valence-corrected chi connectivity index (χ0v) is 11.5. The number of halogens is 1. The van der Waals surface area contributed by atoms with E-state index in [1.165, 1.54) is 13.1 Å². The number of nitrogen functional groups attached to an aromatic ring is 1. The number of sulfonamides is 1.